The number of unbranched alkanes of at least 4 members (excludes halogenated alkanes) is 3. The van der Waals surface area contributed by atoms with Crippen LogP contribution in [0.15, 0.2) is 0 Å². The Kier molecular flexibility index (Phi) is 8.18. The van der Waals surface area contributed by atoms with Gasteiger partial charge in [-0.2, -0.15) is 12.6 Å². The molecule has 2 amide bonds. The molecular weight excluding hydrogens is 212 g/mol. The first-order valence-electron chi connectivity index (χ1n) is 5.32. The molecule has 0 aromatic rings. The lowest BCUT2D eigenvalue weighted by molar-refractivity contribution is -0.124. The molecule has 0 aliphatic carbocycles. The average molecular weight is 232 g/mol. The minimum Gasteiger partial charge on any atom is -0.368 e. The minimum atomic E-state index is -0.533. The van der Waals surface area contributed by atoms with Gasteiger partial charge >= 0.3 is 0 Å². The third-order valence-electron chi connectivity index (χ3n) is 2.07. The molecule has 0 saturated carbocycles. The van der Waals surface area contributed by atoms with Gasteiger partial charge in [0.25, 0.3) is 0 Å². The lowest BCUT2D eigenvalue weighted by atomic mass is 10.1. The predicted molar refractivity (Wildman–Crippen MR) is 63.7 cm³/mol. The monoisotopic (exact) mass is 232 g/mol. The molecule has 0 saturated heterocycles. The molecule has 88 valence electrons. The van der Waals surface area contributed by atoms with E-state index in [2.05, 4.69) is 24.9 Å². The van der Waals surface area contributed by atoms with Gasteiger partial charge in [-0.05, 0) is 6.42 Å². The number of nitrogens with one attached hydrogen (secondary N) is 1. The van der Waals surface area contributed by atoms with E-state index in [1.165, 1.54) is 12.8 Å². The number of hydrogen-bond donors (Lipinski definition) is 3. The van der Waals surface area contributed by atoms with Crippen LogP contribution in [0.1, 0.15) is 39.0 Å². The molecule has 0 heterocycles. The highest BCUT2D eigenvalue weighted by Gasteiger charge is 2.13. The van der Waals surface area contributed by atoms with Crippen LogP contribution in [-0.2, 0) is 9.59 Å². The topological polar surface area (TPSA) is 72.2 Å². The summed E-state index contributed by atoms with van der Waals surface area (Å²) < 4.78 is 0. The van der Waals surface area contributed by atoms with Crippen LogP contribution in [0.5, 0.6) is 0 Å². The number of primary amides is 1. The second kappa shape index (κ2) is 8.59. The zero-order valence-electron chi connectivity index (χ0n) is 9.16. The van der Waals surface area contributed by atoms with E-state index in [0.717, 1.165) is 19.3 Å². The van der Waals surface area contributed by atoms with Crippen LogP contribution in [-0.4, -0.2) is 23.6 Å². The Morgan fingerprint density at radius 3 is 2.53 bits per heavy atom. The van der Waals surface area contributed by atoms with E-state index in [9.17, 15) is 9.59 Å². The van der Waals surface area contributed by atoms with Crippen LogP contribution in [0.3, 0.4) is 0 Å². The number of rotatable bonds is 8. The molecule has 4 nitrogen and oxygen atoms in total. The summed E-state index contributed by atoms with van der Waals surface area (Å²) in [5.41, 5.74) is 4.90. The number of carbonyl (C=O) groups is 2. The van der Waals surface area contributed by atoms with Crippen LogP contribution < -0.4 is 11.1 Å². The molecule has 0 spiro atoms. The number of thiol groups is 1. The summed E-state index contributed by atoms with van der Waals surface area (Å²) in [5.74, 6) is -0.747. The molecule has 0 bridgehead atoms. The molecule has 0 radical (unpaired) electrons. The zero-order chi connectivity index (χ0) is 11.7. The van der Waals surface area contributed by atoms with Crippen molar-refractivity contribution in [2.75, 3.05) is 6.54 Å². The van der Waals surface area contributed by atoms with Gasteiger partial charge in [-0.3, -0.25) is 9.59 Å². The van der Waals surface area contributed by atoms with Gasteiger partial charge < -0.3 is 11.1 Å². The number of hydrogen-bond acceptors (Lipinski definition) is 3. The maximum Gasteiger partial charge on any atom is 0.236 e. The molecule has 0 aliphatic heterocycles. The highest BCUT2D eigenvalue weighted by molar-refractivity contribution is 7.81. The highest BCUT2D eigenvalue weighted by Crippen LogP contribution is 2.09. The summed E-state index contributed by atoms with van der Waals surface area (Å²) >= 11 is 4.17. The van der Waals surface area contributed by atoms with E-state index >= 15 is 0 Å². The molecular formula is C10H20N2O2S. The van der Waals surface area contributed by atoms with Gasteiger partial charge in [0.2, 0.25) is 11.8 Å². The first kappa shape index (κ1) is 14.3. The van der Waals surface area contributed by atoms with Gasteiger partial charge in [0.15, 0.2) is 0 Å². The number of carbonyl (C=O) groups excluding carboxylic acids is 2. The van der Waals surface area contributed by atoms with E-state index in [-0.39, 0.29) is 17.7 Å². The van der Waals surface area contributed by atoms with Crippen LogP contribution in [0.25, 0.3) is 0 Å². The van der Waals surface area contributed by atoms with Crippen LogP contribution >= 0.6 is 12.6 Å². The average Bonchev–Trinajstić information content (AvgIpc) is 2.20. The van der Waals surface area contributed by atoms with Crippen molar-refractivity contribution < 1.29 is 9.59 Å². The van der Waals surface area contributed by atoms with Crippen LogP contribution in [0.4, 0.5) is 0 Å². The smallest absolute Gasteiger partial charge is 0.236 e. The summed E-state index contributed by atoms with van der Waals surface area (Å²) in [5, 5.41) is 2.10. The summed E-state index contributed by atoms with van der Waals surface area (Å²) in [6.07, 6.45) is 5.21. The van der Waals surface area contributed by atoms with Crippen molar-refractivity contribution >= 4 is 24.4 Å². The maximum absolute atomic E-state index is 11.3. The number of nitrogens with two attached hydrogens (primary N) is 1. The molecule has 15 heavy (non-hydrogen) atoms. The van der Waals surface area contributed by atoms with Gasteiger partial charge in [0.1, 0.15) is 0 Å². The Morgan fingerprint density at radius 1 is 1.33 bits per heavy atom. The van der Waals surface area contributed by atoms with Crippen molar-refractivity contribution in [1.29, 1.82) is 0 Å². The Hall–Kier alpha value is -0.710. The second-order valence-electron chi connectivity index (χ2n) is 3.55. The van der Waals surface area contributed by atoms with E-state index in [1.807, 2.05) is 0 Å². The van der Waals surface area contributed by atoms with Crippen molar-refractivity contribution in [2.45, 2.75) is 44.3 Å². The Morgan fingerprint density at radius 2 is 2.00 bits per heavy atom. The largest absolute Gasteiger partial charge is 0.368 e. The molecule has 0 aliphatic rings. The number of amides is 2. The second-order valence-corrected chi connectivity index (χ2v) is 4.17. The molecule has 1 unspecified atom stereocenters. The van der Waals surface area contributed by atoms with Crippen molar-refractivity contribution in [3.05, 3.63) is 0 Å². The van der Waals surface area contributed by atoms with E-state index in [1.54, 1.807) is 0 Å². The molecule has 0 fully saturated rings. The standard InChI is InChI=1S/C10H20N2O2S/c1-2-3-4-5-6-8(15)10(14)12-7-9(11)13/h8,15H,2-7H2,1H3,(H2,11,13)(H,12,14). The molecule has 0 rings (SSSR count). The van der Waals surface area contributed by atoms with Gasteiger partial charge in [0, 0.05) is 0 Å². The molecule has 0 aromatic heterocycles. The summed E-state index contributed by atoms with van der Waals surface area (Å²) in [7, 11) is 0. The third kappa shape index (κ3) is 8.30. The van der Waals surface area contributed by atoms with Crippen molar-refractivity contribution in [2.24, 2.45) is 5.73 Å². The normalized spacial score (nSPS) is 12.1. The van der Waals surface area contributed by atoms with Crippen molar-refractivity contribution in [3.8, 4) is 0 Å². The van der Waals surface area contributed by atoms with E-state index in [4.69, 9.17) is 5.73 Å². The fourth-order valence-electron chi connectivity index (χ4n) is 1.19. The SMILES string of the molecule is CCCCCCC(S)C(=O)NCC(N)=O. The highest BCUT2D eigenvalue weighted by atomic mass is 32.1. The molecule has 5 heteroatoms. The van der Waals surface area contributed by atoms with Gasteiger partial charge in [0.05, 0.1) is 11.8 Å². The van der Waals surface area contributed by atoms with E-state index in [0.29, 0.717) is 0 Å². The Balaban J connectivity index is 3.55. The maximum atomic E-state index is 11.3. The summed E-state index contributed by atoms with van der Waals surface area (Å²) in [4.78, 5) is 21.7. The summed E-state index contributed by atoms with van der Waals surface area (Å²) in [6.45, 7) is 2.03. The Bertz CT molecular complexity index is 210. The first-order valence-corrected chi connectivity index (χ1v) is 5.83. The van der Waals surface area contributed by atoms with Crippen molar-refractivity contribution in [3.63, 3.8) is 0 Å². The lowest BCUT2D eigenvalue weighted by Gasteiger charge is -2.09. The fraction of sp³-hybridized carbons (Fsp3) is 0.800. The van der Waals surface area contributed by atoms with E-state index < -0.39 is 5.91 Å². The quantitative estimate of drug-likeness (QED) is 0.429. The molecule has 3 N–H and O–H groups in total. The predicted octanol–water partition coefficient (Wildman–Crippen LogP) is 0.857. The molecule has 1 atom stereocenters. The Labute approximate surface area is 96.4 Å². The third-order valence-corrected chi connectivity index (χ3v) is 2.56. The fourth-order valence-corrected chi connectivity index (χ4v) is 1.46. The van der Waals surface area contributed by atoms with Crippen LogP contribution in [0, 0.1) is 0 Å². The van der Waals surface area contributed by atoms with Gasteiger partial charge in [-0.15, -0.1) is 0 Å². The first-order chi connectivity index (χ1) is 7.07. The van der Waals surface area contributed by atoms with Gasteiger partial charge in [-0.25, -0.2) is 0 Å². The minimum absolute atomic E-state index is 0.106. The van der Waals surface area contributed by atoms with Crippen LogP contribution in [0.2, 0.25) is 0 Å². The molecule has 0 aromatic carbocycles. The van der Waals surface area contributed by atoms with Gasteiger partial charge in [-0.1, -0.05) is 32.6 Å². The summed E-state index contributed by atoms with van der Waals surface area (Å²) in [6, 6.07) is 0. The zero-order valence-corrected chi connectivity index (χ0v) is 10.1. The van der Waals surface area contributed by atoms with Crippen molar-refractivity contribution in [1.82, 2.24) is 5.32 Å². The lowest BCUT2D eigenvalue weighted by Crippen LogP contribution is -2.37.